The lowest BCUT2D eigenvalue weighted by atomic mass is 10.2. The molecule has 0 atom stereocenters. The van der Waals surface area contributed by atoms with E-state index < -0.39 is 7.60 Å². The summed E-state index contributed by atoms with van der Waals surface area (Å²) < 4.78 is 22.7. The zero-order valence-electron chi connectivity index (χ0n) is 10.5. The second-order valence-electron chi connectivity index (χ2n) is 3.39. The van der Waals surface area contributed by atoms with Crippen molar-refractivity contribution in [3.63, 3.8) is 0 Å². The Balaban J connectivity index is 3.12. The van der Waals surface area contributed by atoms with E-state index in [9.17, 15) is 4.57 Å². The Morgan fingerprint density at radius 3 is 2.28 bits per heavy atom. The molecular weight excluding hydrogens is 249 g/mol. The third kappa shape index (κ3) is 3.82. The first-order valence-electron chi connectivity index (χ1n) is 5.72. The Labute approximate surface area is 107 Å². The van der Waals surface area contributed by atoms with Crippen molar-refractivity contribution >= 4 is 13.7 Å². The number of rotatable bonds is 6. The van der Waals surface area contributed by atoms with E-state index in [1.54, 1.807) is 13.8 Å². The molecule has 1 rings (SSSR count). The molecule has 0 spiro atoms. The average molecular weight is 265 g/mol. The fraction of sp³-hybridized carbons (Fsp3) is 0.308. The van der Waals surface area contributed by atoms with E-state index in [1.807, 2.05) is 36.4 Å². The molecule has 0 amide bonds. The van der Waals surface area contributed by atoms with Gasteiger partial charge in [-0.3, -0.25) is 4.57 Å². The molecule has 0 saturated heterocycles. The van der Waals surface area contributed by atoms with Gasteiger partial charge in [-0.1, -0.05) is 30.3 Å². The van der Waals surface area contributed by atoms with Crippen LogP contribution in [-0.2, 0) is 13.6 Å². The van der Waals surface area contributed by atoms with E-state index in [2.05, 4.69) is 0 Å². The number of hydrogen-bond acceptors (Lipinski definition) is 4. The Bertz CT molecular complexity index is 481. The van der Waals surface area contributed by atoms with E-state index >= 15 is 0 Å². The minimum Gasteiger partial charge on any atom is -0.305 e. The molecule has 96 valence electrons. The maximum absolute atomic E-state index is 12.4. The van der Waals surface area contributed by atoms with Gasteiger partial charge in [0.25, 0.3) is 0 Å². The minimum absolute atomic E-state index is 0.0254. The molecule has 0 bridgehead atoms. The molecule has 18 heavy (non-hydrogen) atoms. The van der Waals surface area contributed by atoms with E-state index in [0.717, 1.165) is 5.56 Å². The van der Waals surface area contributed by atoms with Crippen LogP contribution >= 0.6 is 7.60 Å². The molecule has 0 N–H and O–H groups in total. The van der Waals surface area contributed by atoms with Crippen LogP contribution in [0.5, 0.6) is 0 Å². The first-order valence-corrected chi connectivity index (χ1v) is 7.27. The van der Waals surface area contributed by atoms with Crippen LogP contribution in [0, 0.1) is 11.3 Å². The second-order valence-corrected chi connectivity index (χ2v) is 5.38. The molecule has 5 heteroatoms. The van der Waals surface area contributed by atoms with Crippen molar-refractivity contribution in [3.8, 4) is 6.07 Å². The van der Waals surface area contributed by atoms with Crippen molar-refractivity contribution < 1.29 is 13.6 Å². The Kier molecular flexibility index (Phi) is 5.80. The van der Waals surface area contributed by atoms with E-state index in [-0.39, 0.29) is 18.5 Å². The molecule has 1 aromatic rings. The van der Waals surface area contributed by atoms with Crippen molar-refractivity contribution in [1.82, 2.24) is 0 Å². The highest BCUT2D eigenvalue weighted by Crippen LogP contribution is 2.56. The maximum atomic E-state index is 12.4. The third-order valence-electron chi connectivity index (χ3n) is 2.11. The minimum atomic E-state index is -3.49. The highest BCUT2D eigenvalue weighted by molar-refractivity contribution is 7.59. The van der Waals surface area contributed by atoms with Gasteiger partial charge >= 0.3 is 7.60 Å². The van der Waals surface area contributed by atoms with Gasteiger partial charge in [-0.15, -0.1) is 0 Å². The normalized spacial score (nSPS) is 12.2. The van der Waals surface area contributed by atoms with Gasteiger partial charge < -0.3 is 9.05 Å². The average Bonchev–Trinajstić information content (AvgIpc) is 2.37. The molecule has 0 radical (unpaired) electrons. The fourth-order valence-electron chi connectivity index (χ4n) is 1.40. The van der Waals surface area contributed by atoms with Gasteiger partial charge in [-0.2, -0.15) is 5.26 Å². The van der Waals surface area contributed by atoms with Crippen LogP contribution < -0.4 is 0 Å². The highest BCUT2D eigenvalue weighted by Gasteiger charge is 2.29. The first-order chi connectivity index (χ1) is 8.66. The lowest BCUT2D eigenvalue weighted by Gasteiger charge is -2.15. The lowest BCUT2D eigenvalue weighted by molar-refractivity contribution is 0.227. The molecule has 0 fully saturated rings. The molecule has 0 aliphatic rings. The summed E-state index contributed by atoms with van der Waals surface area (Å²) in [6.07, 6.45) is 1.53. The van der Waals surface area contributed by atoms with Crippen molar-refractivity contribution in [1.29, 1.82) is 5.26 Å². The van der Waals surface area contributed by atoms with Crippen LogP contribution in [0.4, 0.5) is 0 Å². The van der Waals surface area contributed by atoms with Gasteiger partial charge in [-0.05, 0) is 25.5 Å². The van der Waals surface area contributed by atoms with Crippen LogP contribution in [0.1, 0.15) is 19.4 Å². The molecule has 0 saturated carbocycles. The predicted molar refractivity (Wildman–Crippen MR) is 70.9 cm³/mol. The van der Waals surface area contributed by atoms with Crippen molar-refractivity contribution in [2.24, 2.45) is 0 Å². The molecule has 0 aliphatic heterocycles. The van der Waals surface area contributed by atoms with Gasteiger partial charge in [0.15, 0.2) is 0 Å². The smallest absolute Gasteiger partial charge is 0.305 e. The quantitative estimate of drug-likeness (QED) is 0.579. The molecule has 0 heterocycles. The largest absolute Gasteiger partial charge is 0.371 e. The summed E-state index contributed by atoms with van der Waals surface area (Å²) in [6.45, 7) is 3.88. The zero-order valence-corrected chi connectivity index (χ0v) is 11.4. The van der Waals surface area contributed by atoms with E-state index in [4.69, 9.17) is 14.3 Å². The molecule has 0 aliphatic carbocycles. The van der Waals surface area contributed by atoms with Crippen LogP contribution in [0.25, 0.3) is 6.08 Å². The summed E-state index contributed by atoms with van der Waals surface area (Å²) in [7, 11) is -3.49. The third-order valence-corrected chi connectivity index (χ3v) is 4.13. The van der Waals surface area contributed by atoms with E-state index in [1.165, 1.54) is 6.08 Å². The van der Waals surface area contributed by atoms with Crippen molar-refractivity contribution in [2.45, 2.75) is 13.8 Å². The summed E-state index contributed by atoms with van der Waals surface area (Å²) in [6, 6.07) is 11.1. The summed E-state index contributed by atoms with van der Waals surface area (Å²) in [5.74, 6) is 0. The first kappa shape index (κ1) is 14.7. The number of allylic oxidation sites excluding steroid dienone is 1. The van der Waals surface area contributed by atoms with E-state index in [0.29, 0.717) is 0 Å². The van der Waals surface area contributed by atoms with Gasteiger partial charge in [0.1, 0.15) is 11.4 Å². The number of nitrogens with zero attached hydrogens (tertiary/aromatic N) is 1. The highest BCUT2D eigenvalue weighted by atomic mass is 31.2. The Hall–Kier alpha value is -1.40. The molecule has 4 nitrogen and oxygen atoms in total. The van der Waals surface area contributed by atoms with Crippen LogP contribution in [0.3, 0.4) is 0 Å². The number of benzene rings is 1. The molecule has 0 aromatic heterocycles. The van der Waals surface area contributed by atoms with Crippen LogP contribution in [0.15, 0.2) is 35.6 Å². The Morgan fingerprint density at radius 2 is 1.83 bits per heavy atom. The maximum Gasteiger partial charge on any atom is 0.371 e. The summed E-state index contributed by atoms with van der Waals surface area (Å²) in [5.41, 5.74) is 0.786. The lowest BCUT2D eigenvalue weighted by Crippen LogP contribution is -1.97. The van der Waals surface area contributed by atoms with Crippen LogP contribution in [-0.4, -0.2) is 13.2 Å². The SMILES string of the molecule is CCOP(=O)(OCC)C(C#N)=Cc1ccccc1. The standard InChI is InChI=1S/C13H16NO3P/c1-3-16-18(15,17-4-2)13(11-14)10-12-8-6-5-7-9-12/h5-10H,3-4H2,1-2H3. The fourth-order valence-corrected chi connectivity index (χ4v) is 2.86. The van der Waals surface area contributed by atoms with Gasteiger partial charge in [-0.25, -0.2) is 0 Å². The zero-order chi connectivity index (χ0) is 13.4. The van der Waals surface area contributed by atoms with Crippen molar-refractivity contribution in [2.75, 3.05) is 13.2 Å². The summed E-state index contributed by atoms with van der Waals surface area (Å²) in [5, 5.41) is 9.15. The number of hydrogen-bond donors (Lipinski definition) is 0. The molecular formula is C13H16NO3P. The van der Waals surface area contributed by atoms with Gasteiger partial charge in [0, 0.05) is 0 Å². The second kappa shape index (κ2) is 7.13. The predicted octanol–water partition coefficient (Wildman–Crippen LogP) is 3.82. The number of nitriles is 1. The summed E-state index contributed by atoms with van der Waals surface area (Å²) in [4.78, 5) is 0. The monoisotopic (exact) mass is 265 g/mol. The summed E-state index contributed by atoms with van der Waals surface area (Å²) >= 11 is 0. The Morgan fingerprint density at radius 1 is 1.28 bits per heavy atom. The van der Waals surface area contributed by atoms with Gasteiger partial charge in [0.05, 0.1) is 13.2 Å². The van der Waals surface area contributed by atoms with Gasteiger partial charge in [0.2, 0.25) is 0 Å². The van der Waals surface area contributed by atoms with Crippen molar-refractivity contribution in [3.05, 3.63) is 41.2 Å². The topological polar surface area (TPSA) is 59.3 Å². The molecule has 1 aromatic carbocycles. The van der Waals surface area contributed by atoms with Crippen LogP contribution in [0.2, 0.25) is 0 Å². The molecule has 0 unspecified atom stereocenters.